The van der Waals surface area contributed by atoms with Crippen LogP contribution in [0, 0.1) is 0 Å². The lowest BCUT2D eigenvalue weighted by molar-refractivity contribution is -0.137. The number of pyridine rings is 1. The summed E-state index contributed by atoms with van der Waals surface area (Å²) in [5.41, 5.74) is -2.10. The molecular formula is C22H23Cl2F3N2O2. The number of halogens is 5. The van der Waals surface area contributed by atoms with E-state index in [0.29, 0.717) is 30.7 Å². The molecule has 2 aliphatic carbocycles. The Balaban J connectivity index is 1.95. The smallest absolute Gasteiger partial charge is 0.387 e. The fraction of sp³-hybridized carbons (Fsp3) is 0.455. The SMILES string of the molecule is O=C(NC(C1=CC=CC(Cl)=CCC1)C1(O)CCCCC1)c1nccc(C(F)(F)F)c1Cl. The summed E-state index contributed by atoms with van der Waals surface area (Å²) in [5.74, 6) is -0.861. The lowest BCUT2D eigenvalue weighted by Gasteiger charge is -2.41. The van der Waals surface area contributed by atoms with Crippen LogP contribution in [0.15, 0.2) is 47.2 Å². The molecule has 1 aromatic rings. The van der Waals surface area contributed by atoms with Gasteiger partial charge in [-0.15, -0.1) is 0 Å². The van der Waals surface area contributed by atoms with Crippen LogP contribution >= 0.6 is 23.2 Å². The van der Waals surface area contributed by atoms with Gasteiger partial charge in [0.1, 0.15) is 5.69 Å². The van der Waals surface area contributed by atoms with Gasteiger partial charge in [0.05, 0.1) is 22.2 Å². The molecule has 31 heavy (non-hydrogen) atoms. The molecule has 168 valence electrons. The minimum absolute atomic E-state index is 0.472. The third-order valence-corrected chi connectivity index (χ3v) is 6.31. The summed E-state index contributed by atoms with van der Waals surface area (Å²) in [6, 6.07) is -0.0636. The normalized spacial score (nSPS) is 20.2. The quantitative estimate of drug-likeness (QED) is 0.566. The number of carbonyl (C=O) groups is 1. The zero-order chi connectivity index (χ0) is 22.6. The second-order valence-electron chi connectivity index (χ2n) is 7.82. The Morgan fingerprint density at radius 1 is 1.23 bits per heavy atom. The number of hydrogen-bond donors (Lipinski definition) is 2. The van der Waals surface area contributed by atoms with E-state index in [2.05, 4.69) is 10.3 Å². The Morgan fingerprint density at radius 3 is 2.61 bits per heavy atom. The van der Waals surface area contributed by atoms with Crippen molar-refractivity contribution in [2.75, 3.05) is 0 Å². The Hall–Kier alpha value is -1.83. The van der Waals surface area contributed by atoms with Gasteiger partial charge in [0.25, 0.3) is 5.91 Å². The van der Waals surface area contributed by atoms with Gasteiger partial charge in [0.2, 0.25) is 0 Å². The highest BCUT2D eigenvalue weighted by atomic mass is 35.5. The summed E-state index contributed by atoms with van der Waals surface area (Å²) in [5, 5.41) is 14.0. The van der Waals surface area contributed by atoms with Crippen molar-refractivity contribution in [1.29, 1.82) is 0 Å². The van der Waals surface area contributed by atoms with E-state index in [4.69, 9.17) is 23.2 Å². The molecule has 4 nitrogen and oxygen atoms in total. The number of hydrogen-bond acceptors (Lipinski definition) is 3. The molecule has 0 aliphatic heterocycles. The summed E-state index contributed by atoms with van der Waals surface area (Å²) >= 11 is 11.9. The van der Waals surface area contributed by atoms with E-state index in [9.17, 15) is 23.1 Å². The zero-order valence-corrected chi connectivity index (χ0v) is 18.2. The third-order valence-electron chi connectivity index (χ3n) is 5.65. The van der Waals surface area contributed by atoms with Crippen LogP contribution in [-0.4, -0.2) is 27.6 Å². The molecule has 0 spiro atoms. The summed E-state index contributed by atoms with van der Waals surface area (Å²) < 4.78 is 39.6. The molecule has 1 amide bonds. The fourth-order valence-corrected chi connectivity index (χ4v) is 4.56. The van der Waals surface area contributed by atoms with Crippen LogP contribution in [0.1, 0.15) is 61.0 Å². The number of carbonyl (C=O) groups excluding carboxylic acids is 1. The summed E-state index contributed by atoms with van der Waals surface area (Å²) in [6.07, 6.45) is 7.86. The van der Waals surface area contributed by atoms with Gasteiger partial charge in [-0.3, -0.25) is 4.79 Å². The first kappa shape index (κ1) is 23.8. The number of alkyl halides is 3. The number of aromatic nitrogens is 1. The molecule has 1 aromatic heterocycles. The van der Waals surface area contributed by atoms with Crippen LogP contribution < -0.4 is 5.32 Å². The van der Waals surface area contributed by atoms with Crippen molar-refractivity contribution in [2.45, 2.75) is 62.8 Å². The first-order valence-corrected chi connectivity index (χ1v) is 10.9. The van der Waals surface area contributed by atoms with Crippen LogP contribution in [0.3, 0.4) is 0 Å². The van der Waals surface area contributed by atoms with Crippen molar-refractivity contribution < 1.29 is 23.1 Å². The Bertz CT molecular complexity index is 920. The maximum Gasteiger partial charge on any atom is 0.417 e. The molecule has 3 rings (SSSR count). The summed E-state index contributed by atoms with van der Waals surface area (Å²) in [7, 11) is 0. The van der Waals surface area contributed by atoms with Gasteiger partial charge < -0.3 is 10.4 Å². The maximum atomic E-state index is 13.2. The van der Waals surface area contributed by atoms with Gasteiger partial charge in [-0.2, -0.15) is 13.2 Å². The molecule has 0 bridgehead atoms. The number of nitrogens with one attached hydrogen (secondary N) is 1. The molecule has 1 unspecified atom stereocenters. The molecule has 2 N–H and O–H groups in total. The molecular weight excluding hydrogens is 452 g/mol. The van der Waals surface area contributed by atoms with Crippen LogP contribution in [0.25, 0.3) is 0 Å². The molecule has 1 fully saturated rings. The lowest BCUT2D eigenvalue weighted by Crippen LogP contribution is -2.55. The lowest BCUT2D eigenvalue weighted by atomic mass is 9.75. The first-order valence-electron chi connectivity index (χ1n) is 10.1. The zero-order valence-electron chi connectivity index (χ0n) is 16.7. The predicted molar refractivity (Wildman–Crippen MR) is 114 cm³/mol. The van der Waals surface area contributed by atoms with Crippen molar-refractivity contribution in [3.8, 4) is 0 Å². The molecule has 1 saturated carbocycles. The Kier molecular flexibility index (Phi) is 7.50. The monoisotopic (exact) mass is 474 g/mol. The van der Waals surface area contributed by atoms with Gasteiger partial charge in [0.15, 0.2) is 0 Å². The largest absolute Gasteiger partial charge is 0.417 e. The van der Waals surface area contributed by atoms with Crippen molar-refractivity contribution in [2.24, 2.45) is 0 Å². The molecule has 9 heteroatoms. The second kappa shape index (κ2) is 9.76. The highest BCUT2D eigenvalue weighted by Crippen LogP contribution is 2.37. The maximum absolute atomic E-state index is 13.2. The highest BCUT2D eigenvalue weighted by molar-refractivity contribution is 6.34. The van der Waals surface area contributed by atoms with Crippen LogP contribution in [0.2, 0.25) is 5.02 Å². The second-order valence-corrected chi connectivity index (χ2v) is 8.63. The van der Waals surface area contributed by atoms with E-state index in [0.717, 1.165) is 37.1 Å². The van der Waals surface area contributed by atoms with Crippen molar-refractivity contribution >= 4 is 29.1 Å². The summed E-state index contributed by atoms with van der Waals surface area (Å²) in [4.78, 5) is 16.7. The molecule has 0 aromatic carbocycles. The van der Waals surface area contributed by atoms with Gasteiger partial charge in [-0.1, -0.05) is 60.7 Å². The molecule has 0 saturated heterocycles. The van der Waals surface area contributed by atoms with E-state index in [-0.39, 0.29) is 0 Å². The molecule has 2 aliphatic rings. The third kappa shape index (κ3) is 5.70. The Labute approximate surface area is 188 Å². The van der Waals surface area contributed by atoms with E-state index < -0.39 is 40.0 Å². The number of aliphatic hydroxyl groups is 1. The number of amides is 1. The van der Waals surface area contributed by atoms with Crippen molar-refractivity contribution in [1.82, 2.24) is 10.3 Å². The molecule has 0 radical (unpaired) electrons. The number of allylic oxidation sites excluding steroid dienone is 5. The van der Waals surface area contributed by atoms with Gasteiger partial charge >= 0.3 is 6.18 Å². The minimum atomic E-state index is -4.71. The predicted octanol–water partition coefficient (Wildman–Crippen LogP) is 5.95. The average molecular weight is 475 g/mol. The van der Waals surface area contributed by atoms with Crippen LogP contribution in [0.4, 0.5) is 13.2 Å². The standard InChI is InChI=1S/C22H23Cl2F3N2O2/c23-15-8-4-6-14(7-5-9-15)19(21(31)11-2-1-3-12-21)29-20(30)18-17(24)16(10-13-28-18)22(25,26)27/h4,6,8-10,13,19,31H,1-3,5,7,11-12H2,(H,29,30). The highest BCUT2D eigenvalue weighted by Gasteiger charge is 2.41. The van der Waals surface area contributed by atoms with E-state index in [1.54, 1.807) is 18.2 Å². The number of rotatable bonds is 4. The van der Waals surface area contributed by atoms with Crippen LogP contribution in [-0.2, 0) is 6.18 Å². The van der Waals surface area contributed by atoms with E-state index in [1.165, 1.54) is 0 Å². The van der Waals surface area contributed by atoms with Crippen molar-refractivity contribution in [3.05, 3.63) is 63.5 Å². The van der Waals surface area contributed by atoms with Gasteiger partial charge in [0, 0.05) is 11.2 Å². The molecule has 1 atom stereocenters. The average Bonchev–Trinajstić information content (AvgIpc) is 2.68. The van der Waals surface area contributed by atoms with Crippen molar-refractivity contribution in [3.63, 3.8) is 0 Å². The summed E-state index contributed by atoms with van der Waals surface area (Å²) in [6.45, 7) is 0. The van der Waals surface area contributed by atoms with Crippen LogP contribution in [0.5, 0.6) is 0 Å². The first-order chi connectivity index (χ1) is 14.6. The number of nitrogens with zero attached hydrogens (tertiary/aromatic N) is 1. The topological polar surface area (TPSA) is 62.2 Å². The fourth-order valence-electron chi connectivity index (χ4n) is 4.08. The minimum Gasteiger partial charge on any atom is -0.387 e. The van der Waals surface area contributed by atoms with Gasteiger partial charge in [-0.05, 0) is 43.4 Å². The Morgan fingerprint density at radius 2 is 1.94 bits per heavy atom. The molecule has 1 heterocycles. The van der Waals surface area contributed by atoms with Gasteiger partial charge in [-0.25, -0.2) is 4.98 Å². The van der Waals surface area contributed by atoms with E-state index >= 15 is 0 Å². The van der Waals surface area contributed by atoms with E-state index in [1.807, 2.05) is 6.08 Å².